The number of rotatable bonds is 5. The van der Waals surface area contributed by atoms with Crippen LogP contribution < -0.4 is 14.8 Å². The molecule has 0 fully saturated rings. The molecule has 1 N–H and O–H groups in total. The summed E-state index contributed by atoms with van der Waals surface area (Å²) < 4.78 is 11.2. The molecular formula is C17H18N2O2. The Hall–Kier alpha value is -2.49. The van der Waals surface area contributed by atoms with E-state index in [9.17, 15) is 0 Å². The van der Waals surface area contributed by atoms with Crippen molar-refractivity contribution in [3.63, 3.8) is 0 Å². The highest BCUT2D eigenvalue weighted by Crippen LogP contribution is 2.27. The van der Waals surface area contributed by atoms with Crippen LogP contribution in [0.15, 0.2) is 53.5 Å². The number of ether oxygens (including phenoxy) is 2. The van der Waals surface area contributed by atoms with Crippen LogP contribution in [0.1, 0.15) is 11.1 Å². The fourth-order valence-corrected chi connectivity index (χ4v) is 2.35. The summed E-state index contributed by atoms with van der Waals surface area (Å²) in [7, 11) is 1.65. The first-order chi connectivity index (χ1) is 10.4. The van der Waals surface area contributed by atoms with Crippen LogP contribution in [0.3, 0.4) is 0 Å². The van der Waals surface area contributed by atoms with Gasteiger partial charge < -0.3 is 14.8 Å². The number of amidine groups is 1. The standard InChI is InChI=1S/C17H18N2O2/c1-20-15-8-4-5-9-16(15)21-12-13-6-2-3-7-14(13)17-18-10-11-19-17/h2-9H,10-12H2,1H3,(H,18,19). The van der Waals surface area contributed by atoms with E-state index in [4.69, 9.17) is 9.47 Å². The van der Waals surface area contributed by atoms with Crippen LogP contribution in [0, 0.1) is 0 Å². The van der Waals surface area contributed by atoms with Crippen LogP contribution in [-0.4, -0.2) is 26.0 Å². The van der Waals surface area contributed by atoms with Gasteiger partial charge in [-0.25, -0.2) is 0 Å². The van der Waals surface area contributed by atoms with Gasteiger partial charge in [-0.1, -0.05) is 36.4 Å². The molecule has 21 heavy (non-hydrogen) atoms. The number of hydrogen-bond donors (Lipinski definition) is 1. The monoisotopic (exact) mass is 282 g/mol. The Morgan fingerprint density at radius 2 is 1.81 bits per heavy atom. The van der Waals surface area contributed by atoms with E-state index in [0.29, 0.717) is 6.61 Å². The molecule has 1 aliphatic rings. The maximum atomic E-state index is 5.91. The highest BCUT2D eigenvalue weighted by Gasteiger charge is 2.13. The zero-order valence-electron chi connectivity index (χ0n) is 12.0. The molecule has 108 valence electrons. The molecule has 1 heterocycles. The van der Waals surface area contributed by atoms with Crippen LogP contribution in [0.25, 0.3) is 0 Å². The number of methoxy groups -OCH3 is 1. The summed E-state index contributed by atoms with van der Waals surface area (Å²) in [6, 6.07) is 15.8. The summed E-state index contributed by atoms with van der Waals surface area (Å²) in [4.78, 5) is 4.48. The quantitative estimate of drug-likeness (QED) is 0.916. The van der Waals surface area contributed by atoms with Crippen molar-refractivity contribution in [1.82, 2.24) is 5.32 Å². The van der Waals surface area contributed by atoms with E-state index in [2.05, 4.69) is 22.4 Å². The first-order valence-electron chi connectivity index (χ1n) is 7.01. The van der Waals surface area contributed by atoms with Crippen molar-refractivity contribution < 1.29 is 9.47 Å². The molecule has 1 aliphatic heterocycles. The zero-order valence-corrected chi connectivity index (χ0v) is 12.0. The lowest BCUT2D eigenvalue weighted by Crippen LogP contribution is -2.21. The molecule has 4 heteroatoms. The second kappa shape index (κ2) is 6.31. The van der Waals surface area contributed by atoms with Gasteiger partial charge in [-0.05, 0) is 12.1 Å². The van der Waals surface area contributed by atoms with Gasteiger partial charge in [0.2, 0.25) is 0 Å². The van der Waals surface area contributed by atoms with Gasteiger partial charge in [0.05, 0.1) is 13.7 Å². The van der Waals surface area contributed by atoms with Crippen molar-refractivity contribution in [2.75, 3.05) is 20.2 Å². The second-order valence-electron chi connectivity index (χ2n) is 4.75. The molecule has 0 atom stereocenters. The minimum atomic E-state index is 0.483. The van der Waals surface area contributed by atoms with E-state index >= 15 is 0 Å². The number of nitrogens with zero attached hydrogens (tertiary/aromatic N) is 1. The third kappa shape index (κ3) is 2.99. The van der Waals surface area contributed by atoms with Gasteiger partial charge in [0, 0.05) is 17.7 Å². The first-order valence-corrected chi connectivity index (χ1v) is 7.01. The van der Waals surface area contributed by atoms with Gasteiger partial charge in [0.15, 0.2) is 11.5 Å². The SMILES string of the molecule is COc1ccccc1OCc1ccccc1C1=NCCN1. The molecule has 0 spiro atoms. The lowest BCUT2D eigenvalue weighted by molar-refractivity contribution is 0.284. The molecule has 2 aromatic carbocycles. The van der Waals surface area contributed by atoms with Gasteiger partial charge in [-0.3, -0.25) is 4.99 Å². The van der Waals surface area contributed by atoms with E-state index in [1.54, 1.807) is 7.11 Å². The van der Waals surface area contributed by atoms with Gasteiger partial charge in [-0.2, -0.15) is 0 Å². The van der Waals surface area contributed by atoms with Crippen molar-refractivity contribution in [1.29, 1.82) is 0 Å². The average molecular weight is 282 g/mol. The molecule has 0 saturated heterocycles. The molecule has 0 bridgehead atoms. The maximum absolute atomic E-state index is 5.91. The topological polar surface area (TPSA) is 42.9 Å². The molecule has 2 aromatic rings. The average Bonchev–Trinajstić information content (AvgIpc) is 3.08. The molecule has 0 saturated carbocycles. The smallest absolute Gasteiger partial charge is 0.161 e. The summed E-state index contributed by atoms with van der Waals surface area (Å²) in [5.41, 5.74) is 2.21. The molecule has 0 radical (unpaired) electrons. The van der Waals surface area contributed by atoms with E-state index in [0.717, 1.165) is 41.6 Å². The van der Waals surface area contributed by atoms with E-state index in [1.807, 2.05) is 36.4 Å². The summed E-state index contributed by atoms with van der Waals surface area (Å²) >= 11 is 0. The van der Waals surface area contributed by atoms with Gasteiger partial charge in [0.1, 0.15) is 12.4 Å². The van der Waals surface area contributed by atoms with Crippen LogP contribution in [0.4, 0.5) is 0 Å². The molecule has 0 aromatic heterocycles. The number of hydrogen-bond acceptors (Lipinski definition) is 4. The van der Waals surface area contributed by atoms with Crippen LogP contribution >= 0.6 is 0 Å². The highest BCUT2D eigenvalue weighted by atomic mass is 16.5. The fraction of sp³-hybridized carbons (Fsp3) is 0.235. The molecular weight excluding hydrogens is 264 g/mol. The van der Waals surface area contributed by atoms with Crippen LogP contribution in [0.5, 0.6) is 11.5 Å². The van der Waals surface area contributed by atoms with Crippen molar-refractivity contribution >= 4 is 5.84 Å². The third-order valence-corrected chi connectivity index (χ3v) is 3.40. The molecule has 0 unspecified atom stereocenters. The van der Waals surface area contributed by atoms with Gasteiger partial charge in [0.25, 0.3) is 0 Å². The number of benzene rings is 2. The predicted molar refractivity (Wildman–Crippen MR) is 83.2 cm³/mol. The predicted octanol–water partition coefficient (Wildman–Crippen LogP) is 2.62. The summed E-state index contributed by atoms with van der Waals surface area (Å²) in [6.45, 7) is 2.21. The lowest BCUT2D eigenvalue weighted by Gasteiger charge is -2.13. The highest BCUT2D eigenvalue weighted by molar-refractivity contribution is 6.00. The Balaban J connectivity index is 1.79. The van der Waals surface area contributed by atoms with Gasteiger partial charge in [-0.15, -0.1) is 0 Å². The first kappa shape index (κ1) is 13.5. The Bertz CT molecular complexity index is 653. The van der Waals surface area contributed by atoms with Crippen LogP contribution in [-0.2, 0) is 6.61 Å². The Kier molecular flexibility index (Phi) is 4.05. The molecule has 0 amide bonds. The summed E-state index contributed by atoms with van der Waals surface area (Å²) in [6.07, 6.45) is 0. The maximum Gasteiger partial charge on any atom is 0.161 e. The van der Waals surface area contributed by atoms with Gasteiger partial charge >= 0.3 is 0 Å². The van der Waals surface area contributed by atoms with E-state index in [-0.39, 0.29) is 0 Å². The Morgan fingerprint density at radius 1 is 1.05 bits per heavy atom. The zero-order chi connectivity index (χ0) is 14.5. The van der Waals surface area contributed by atoms with Crippen molar-refractivity contribution in [2.24, 2.45) is 4.99 Å². The fourth-order valence-electron chi connectivity index (χ4n) is 2.35. The second-order valence-corrected chi connectivity index (χ2v) is 4.75. The number of nitrogens with one attached hydrogen (secondary N) is 1. The lowest BCUT2D eigenvalue weighted by atomic mass is 10.1. The summed E-state index contributed by atoms with van der Waals surface area (Å²) in [5, 5.41) is 3.30. The molecule has 0 aliphatic carbocycles. The van der Waals surface area contributed by atoms with Crippen molar-refractivity contribution in [3.05, 3.63) is 59.7 Å². The van der Waals surface area contributed by atoms with Crippen molar-refractivity contribution in [3.8, 4) is 11.5 Å². The van der Waals surface area contributed by atoms with E-state index in [1.165, 1.54) is 0 Å². The minimum Gasteiger partial charge on any atom is -0.493 e. The Labute approximate surface area is 124 Å². The van der Waals surface area contributed by atoms with Crippen molar-refractivity contribution in [2.45, 2.75) is 6.61 Å². The number of para-hydroxylation sites is 2. The third-order valence-electron chi connectivity index (χ3n) is 3.40. The minimum absolute atomic E-state index is 0.483. The largest absolute Gasteiger partial charge is 0.493 e. The Morgan fingerprint density at radius 3 is 2.57 bits per heavy atom. The molecule has 3 rings (SSSR count). The summed E-state index contributed by atoms with van der Waals surface area (Å²) in [5.74, 6) is 2.44. The molecule has 4 nitrogen and oxygen atoms in total. The number of aliphatic imine (C=N–C) groups is 1. The van der Waals surface area contributed by atoms with E-state index < -0.39 is 0 Å². The van der Waals surface area contributed by atoms with Crippen LogP contribution in [0.2, 0.25) is 0 Å². The normalized spacial score (nSPS) is 13.5.